The average molecular weight is 214 g/mol. The van der Waals surface area contributed by atoms with E-state index in [2.05, 4.69) is 12.2 Å². The van der Waals surface area contributed by atoms with Crippen LogP contribution in [-0.2, 0) is 0 Å². The summed E-state index contributed by atoms with van der Waals surface area (Å²) < 4.78 is 0. The molecule has 0 saturated carbocycles. The van der Waals surface area contributed by atoms with Gasteiger partial charge in [0, 0.05) is 13.2 Å². The number of aliphatic hydroxyl groups is 1. The molecule has 1 atom stereocenters. The van der Waals surface area contributed by atoms with Crippen molar-refractivity contribution in [2.24, 2.45) is 5.92 Å². The summed E-state index contributed by atoms with van der Waals surface area (Å²) in [7, 11) is 0. The topological polar surface area (TPSA) is 32.3 Å². The summed E-state index contributed by atoms with van der Waals surface area (Å²) in [4.78, 5) is 0. The van der Waals surface area contributed by atoms with Crippen LogP contribution in [0.15, 0.2) is 24.3 Å². The first-order valence-electron chi connectivity index (χ1n) is 4.87. The van der Waals surface area contributed by atoms with E-state index in [1.54, 1.807) is 0 Å². The van der Waals surface area contributed by atoms with Gasteiger partial charge < -0.3 is 10.4 Å². The van der Waals surface area contributed by atoms with E-state index >= 15 is 0 Å². The molecule has 0 radical (unpaired) electrons. The summed E-state index contributed by atoms with van der Waals surface area (Å²) in [6, 6.07) is 7.63. The van der Waals surface area contributed by atoms with Crippen LogP contribution in [0.2, 0.25) is 5.02 Å². The second-order valence-corrected chi connectivity index (χ2v) is 3.72. The molecule has 14 heavy (non-hydrogen) atoms. The maximum Gasteiger partial charge on any atom is 0.0637 e. The highest BCUT2D eigenvalue weighted by Crippen LogP contribution is 2.20. The van der Waals surface area contributed by atoms with Crippen LogP contribution in [0.25, 0.3) is 0 Å². The molecule has 1 aromatic carbocycles. The Morgan fingerprint density at radius 2 is 2.14 bits per heavy atom. The second kappa shape index (κ2) is 5.89. The molecule has 0 spiro atoms. The number of anilines is 1. The predicted molar refractivity (Wildman–Crippen MR) is 60.8 cm³/mol. The molecule has 1 aromatic rings. The molecule has 3 heteroatoms. The maximum atomic E-state index is 9.00. The summed E-state index contributed by atoms with van der Waals surface area (Å²) in [5, 5.41) is 12.9. The van der Waals surface area contributed by atoms with Crippen LogP contribution >= 0.6 is 11.6 Å². The van der Waals surface area contributed by atoms with Gasteiger partial charge in [-0.2, -0.15) is 0 Å². The molecule has 0 amide bonds. The van der Waals surface area contributed by atoms with Gasteiger partial charge in [-0.25, -0.2) is 0 Å². The molecular weight excluding hydrogens is 198 g/mol. The molecule has 0 heterocycles. The van der Waals surface area contributed by atoms with Gasteiger partial charge >= 0.3 is 0 Å². The molecule has 0 aromatic heterocycles. The average Bonchev–Trinajstić information content (AvgIpc) is 2.22. The number of halogens is 1. The number of benzene rings is 1. The third-order valence-electron chi connectivity index (χ3n) is 2.29. The normalized spacial score (nSPS) is 12.5. The largest absolute Gasteiger partial charge is 0.396 e. The Morgan fingerprint density at radius 3 is 2.71 bits per heavy atom. The lowest BCUT2D eigenvalue weighted by Gasteiger charge is -2.14. The summed E-state index contributed by atoms with van der Waals surface area (Å²) in [5.74, 6) is 0.297. The fraction of sp³-hybridized carbons (Fsp3) is 0.455. The standard InChI is InChI=1S/C11H16ClNO/c1-2-9(8-14)7-13-11-6-4-3-5-10(11)12/h3-6,9,13-14H,2,7-8H2,1H3. The van der Waals surface area contributed by atoms with Crippen molar-refractivity contribution in [3.63, 3.8) is 0 Å². The first-order valence-corrected chi connectivity index (χ1v) is 5.25. The number of nitrogens with one attached hydrogen (secondary N) is 1. The SMILES string of the molecule is CCC(CO)CNc1ccccc1Cl. The van der Waals surface area contributed by atoms with Crippen LogP contribution in [-0.4, -0.2) is 18.3 Å². The Hall–Kier alpha value is -0.730. The minimum atomic E-state index is 0.216. The quantitative estimate of drug-likeness (QED) is 0.789. The second-order valence-electron chi connectivity index (χ2n) is 3.32. The number of hydrogen-bond donors (Lipinski definition) is 2. The van der Waals surface area contributed by atoms with E-state index in [4.69, 9.17) is 16.7 Å². The van der Waals surface area contributed by atoms with Crippen molar-refractivity contribution in [1.82, 2.24) is 0 Å². The highest BCUT2D eigenvalue weighted by Gasteiger charge is 2.04. The zero-order valence-corrected chi connectivity index (χ0v) is 9.09. The van der Waals surface area contributed by atoms with Crippen LogP contribution in [0.3, 0.4) is 0 Å². The van der Waals surface area contributed by atoms with Gasteiger partial charge in [-0.1, -0.05) is 30.7 Å². The Labute approximate surface area is 89.9 Å². The van der Waals surface area contributed by atoms with Crippen molar-refractivity contribution < 1.29 is 5.11 Å². The van der Waals surface area contributed by atoms with Crippen LogP contribution in [0.1, 0.15) is 13.3 Å². The molecule has 1 unspecified atom stereocenters. The van der Waals surface area contributed by atoms with Crippen molar-refractivity contribution >= 4 is 17.3 Å². The lowest BCUT2D eigenvalue weighted by molar-refractivity contribution is 0.230. The first-order chi connectivity index (χ1) is 6.77. The number of hydrogen-bond acceptors (Lipinski definition) is 2. The van der Waals surface area contributed by atoms with Gasteiger partial charge in [-0.15, -0.1) is 0 Å². The van der Waals surface area contributed by atoms with Gasteiger partial charge in [0.1, 0.15) is 0 Å². The monoisotopic (exact) mass is 213 g/mol. The molecule has 0 fully saturated rings. The number of para-hydroxylation sites is 1. The third kappa shape index (κ3) is 3.20. The minimum absolute atomic E-state index is 0.216. The van der Waals surface area contributed by atoms with Crippen LogP contribution in [0, 0.1) is 5.92 Å². The summed E-state index contributed by atoms with van der Waals surface area (Å²) >= 11 is 5.97. The van der Waals surface area contributed by atoms with Crippen molar-refractivity contribution in [2.75, 3.05) is 18.5 Å². The molecule has 0 aliphatic carbocycles. The first kappa shape index (κ1) is 11.3. The number of aliphatic hydroxyl groups excluding tert-OH is 1. The third-order valence-corrected chi connectivity index (χ3v) is 2.62. The molecule has 2 nitrogen and oxygen atoms in total. The molecule has 0 bridgehead atoms. The molecule has 0 aliphatic rings. The lowest BCUT2D eigenvalue weighted by Crippen LogP contribution is -2.17. The summed E-state index contributed by atoms with van der Waals surface area (Å²) in [5.41, 5.74) is 0.932. The van der Waals surface area contributed by atoms with E-state index in [0.717, 1.165) is 23.7 Å². The van der Waals surface area contributed by atoms with Crippen molar-refractivity contribution in [1.29, 1.82) is 0 Å². The molecule has 78 valence electrons. The van der Waals surface area contributed by atoms with E-state index < -0.39 is 0 Å². The van der Waals surface area contributed by atoms with Gasteiger partial charge in [-0.3, -0.25) is 0 Å². The molecule has 0 aliphatic heterocycles. The lowest BCUT2D eigenvalue weighted by atomic mass is 10.1. The van der Waals surface area contributed by atoms with Gasteiger partial charge in [-0.05, 0) is 24.5 Å². The predicted octanol–water partition coefficient (Wildman–Crippen LogP) is 2.77. The van der Waals surface area contributed by atoms with E-state index in [-0.39, 0.29) is 6.61 Å². The van der Waals surface area contributed by atoms with Crippen molar-refractivity contribution in [3.8, 4) is 0 Å². The molecular formula is C11H16ClNO. The van der Waals surface area contributed by atoms with Gasteiger partial charge in [0.05, 0.1) is 10.7 Å². The van der Waals surface area contributed by atoms with Crippen molar-refractivity contribution in [3.05, 3.63) is 29.3 Å². The van der Waals surface area contributed by atoms with Crippen molar-refractivity contribution in [2.45, 2.75) is 13.3 Å². The van der Waals surface area contributed by atoms with Gasteiger partial charge in [0.2, 0.25) is 0 Å². The van der Waals surface area contributed by atoms with E-state index in [1.165, 1.54) is 0 Å². The van der Waals surface area contributed by atoms with E-state index in [9.17, 15) is 0 Å². The zero-order valence-electron chi connectivity index (χ0n) is 8.33. The smallest absolute Gasteiger partial charge is 0.0637 e. The minimum Gasteiger partial charge on any atom is -0.396 e. The van der Waals surface area contributed by atoms with Crippen LogP contribution in [0.5, 0.6) is 0 Å². The van der Waals surface area contributed by atoms with Gasteiger partial charge in [0.25, 0.3) is 0 Å². The Kier molecular flexibility index (Phi) is 4.77. The number of rotatable bonds is 5. The Bertz CT molecular complexity index is 274. The molecule has 0 saturated heterocycles. The van der Waals surface area contributed by atoms with Gasteiger partial charge in [0.15, 0.2) is 0 Å². The van der Waals surface area contributed by atoms with Crippen LogP contribution < -0.4 is 5.32 Å². The highest BCUT2D eigenvalue weighted by atomic mass is 35.5. The fourth-order valence-corrected chi connectivity index (χ4v) is 1.40. The molecule has 1 rings (SSSR count). The Balaban J connectivity index is 2.49. The summed E-state index contributed by atoms with van der Waals surface area (Å²) in [6.45, 7) is 3.04. The van der Waals surface area contributed by atoms with Crippen LogP contribution in [0.4, 0.5) is 5.69 Å². The van der Waals surface area contributed by atoms with E-state index in [1.807, 2.05) is 24.3 Å². The molecule has 2 N–H and O–H groups in total. The summed E-state index contributed by atoms with van der Waals surface area (Å²) in [6.07, 6.45) is 0.966. The van der Waals surface area contributed by atoms with E-state index in [0.29, 0.717) is 5.92 Å². The Morgan fingerprint density at radius 1 is 1.43 bits per heavy atom. The highest BCUT2D eigenvalue weighted by molar-refractivity contribution is 6.33. The maximum absolute atomic E-state index is 9.00. The zero-order chi connectivity index (χ0) is 10.4. The fourth-order valence-electron chi connectivity index (χ4n) is 1.20.